The molecule has 0 radical (unpaired) electrons. The lowest BCUT2D eigenvalue weighted by Gasteiger charge is -2.21. The number of nitrogens with two attached hydrogens (primary N) is 1. The molecule has 1 aliphatic rings. The van der Waals surface area contributed by atoms with Gasteiger partial charge >= 0.3 is 5.97 Å². The third kappa shape index (κ3) is 2.28. The highest BCUT2D eigenvalue weighted by molar-refractivity contribution is 9.10. The Morgan fingerprint density at radius 2 is 2.35 bits per heavy atom. The van der Waals surface area contributed by atoms with Crippen LogP contribution in [0.2, 0.25) is 0 Å². The number of hydrogen-bond acceptors (Lipinski definition) is 4. The first kappa shape index (κ1) is 12.3. The van der Waals surface area contributed by atoms with Crippen LogP contribution in [-0.4, -0.2) is 34.7 Å². The molecule has 0 amide bonds. The molecule has 0 aromatic carbocycles. The fourth-order valence-electron chi connectivity index (χ4n) is 1.91. The van der Waals surface area contributed by atoms with Gasteiger partial charge in [-0.25, -0.2) is 4.98 Å². The quantitative estimate of drug-likeness (QED) is 0.856. The maximum absolute atomic E-state index is 11.0. The van der Waals surface area contributed by atoms with Crippen LogP contribution in [-0.2, 0) is 4.79 Å². The second-order valence-electron chi connectivity index (χ2n) is 4.37. The Kier molecular flexibility index (Phi) is 3.09. The highest BCUT2D eigenvalue weighted by Gasteiger charge is 2.41. The van der Waals surface area contributed by atoms with E-state index in [4.69, 9.17) is 10.8 Å². The molecule has 6 heteroatoms. The molecule has 5 nitrogen and oxygen atoms in total. The molecule has 3 N–H and O–H groups in total. The fourth-order valence-corrected chi connectivity index (χ4v) is 2.13. The summed E-state index contributed by atoms with van der Waals surface area (Å²) >= 11 is 3.38. The molecule has 2 rings (SSSR count). The lowest BCUT2D eigenvalue weighted by atomic mass is 10.0. The van der Waals surface area contributed by atoms with Gasteiger partial charge < -0.3 is 15.7 Å². The summed E-state index contributed by atoms with van der Waals surface area (Å²) in [6, 6.07) is 3.78. The van der Waals surface area contributed by atoms with Gasteiger partial charge in [-0.15, -0.1) is 0 Å². The van der Waals surface area contributed by atoms with E-state index in [0.29, 0.717) is 19.5 Å². The number of carboxylic acid groups (broad SMARTS) is 1. The number of rotatable bonds is 2. The van der Waals surface area contributed by atoms with Crippen molar-refractivity contribution in [2.24, 2.45) is 5.73 Å². The van der Waals surface area contributed by atoms with Crippen molar-refractivity contribution in [2.75, 3.05) is 18.0 Å². The Morgan fingerprint density at radius 1 is 1.65 bits per heavy atom. The molecule has 0 bridgehead atoms. The number of carbonyl (C=O) groups is 1. The Labute approximate surface area is 108 Å². The average molecular weight is 300 g/mol. The van der Waals surface area contributed by atoms with Crippen molar-refractivity contribution in [3.8, 4) is 0 Å². The normalized spacial score (nSPS) is 24.1. The third-order valence-electron chi connectivity index (χ3n) is 3.06. The van der Waals surface area contributed by atoms with Crippen molar-refractivity contribution in [2.45, 2.75) is 18.9 Å². The lowest BCUT2D eigenvalue weighted by molar-refractivity contribution is -0.142. The molecule has 0 spiro atoms. The van der Waals surface area contributed by atoms with Crippen LogP contribution < -0.4 is 10.6 Å². The minimum atomic E-state index is -1.15. The second kappa shape index (κ2) is 4.27. The molecule has 1 aromatic rings. The monoisotopic (exact) mass is 299 g/mol. The molecule has 2 heterocycles. The van der Waals surface area contributed by atoms with E-state index in [0.717, 1.165) is 16.0 Å². The smallest absolute Gasteiger partial charge is 0.325 e. The molecule has 0 saturated carbocycles. The average Bonchev–Trinajstić information content (AvgIpc) is 2.67. The molecule has 1 unspecified atom stereocenters. The van der Waals surface area contributed by atoms with Crippen molar-refractivity contribution in [1.82, 2.24) is 4.98 Å². The number of aryl methyl sites for hydroxylation is 1. The summed E-state index contributed by atoms with van der Waals surface area (Å²) in [4.78, 5) is 17.4. The van der Waals surface area contributed by atoms with E-state index in [1.807, 2.05) is 24.0 Å². The Morgan fingerprint density at radius 3 is 2.88 bits per heavy atom. The summed E-state index contributed by atoms with van der Waals surface area (Å²) < 4.78 is 0.942. The first-order chi connectivity index (χ1) is 7.92. The zero-order valence-electron chi connectivity index (χ0n) is 9.48. The van der Waals surface area contributed by atoms with Gasteiger partial charge in [0.15, 0.2) is 0 Å². The van der Waals surface area contributed by atoms with E-state index in [1.54, 1.807) is 0 Å². The first-order valence-corrected chi connectivity index (χ1v) is 6.12. The van der Waals surface area contributed by atoms with E-state index in [2.05, 4.69) is 20.9 Å². The number of anilines is 1. The van der Waals surface area contributed by atoms with Gasteiger partial charge in [-0.2, -0.15) is 0 Å². The summed E-state index contributed by atoms with van der Waals surface area (Å²) in [7, 11) is 0. The predicted octanol–water partition coefficient (Wildman–Crippen LogP) is 1.14. The number of carboxylic acids is 1. The van der Waals surface area contributed by atoms with Gasteiger partial charge in [0.25, 0.3) is 0 Å². The highest BCUT2D eigenvalue weighted by Crippen LogP contribution is 2.26. The second-order valence-corrected chi connectivity index (χ2v) is 5.22. The van der Waals surface area contributed by atoms with Gasteiger partial charge in [-0.1, -0.05) is 0 Å². The standard InChI is InChI=1S/C11H14BrN3O2/c1-7-8(12)2-3-9(14-7)15-5-4-11(13,6-15)10(16)17/h2-3H,4-6,13H2,1H3,(H,16,17). The van der Waals surface area contributed by atoms with Crippen LogP contribution in [0.4, 0.5) is 5.82 Å². The molecule has 92 valence electrons. The zero-order chi connectivity index (χ0) is 12.6. The maximum atomic E-state index is 11.0. The number of aliphatic carboxylic acids is 1. The summed E-state index contributed by atoms with van der Waals surface area (Å²) in [6.45, 7) is 2.82. The first-order valence-electron chi connectivity index (χ1n) is 5.33. The number of aromatic nitrogens is 1. The SMILES string of the molecule is Cc1nc(N2CCC(N)(C(=O)O)C2)ccc1Br. The lowest BCUT2D eigenvalue weighted by Crippen LogP contribution is -2.50. The van der Waals surface area contributed by atoms with Crippen molar-refractivity contribution >= 4 is 27.7 Å². The molecule has 17 heavy (non-hydrogen) atoms. The Balaban J connectivity index is 2.21. The largest absolute Gasteiger partial charge is 0.480 e. The molecule has 1 atom stereocenters. The number of hydrogen-bond donors (Lipinski definition) is 2. The van der Waals surface area contributed by atoms with Crippen LogP contribution in [0.5, 0.6) is 0 Å². The fraction of sp³-hybridized carbons (Fsp3) is 0.455. The topological polar surface area (TPSA) is 79.5 Å². The molecule has 1 saturated heterocycles. The molecular formula is C11H14BrN3O2. The van der Waals surface area contributed by atoms with Gasteiger partial charge in [0.1, 0.15) is 11.4 Å². The maximum Gasteiger partial charge on any atom is 0.325 e. The highest BCUT2D eigenvalue weighted by atomic mass is 79.9. The van der Waals surface area contributed by atoms with Gasteiger partial charge in [0, 0.05) is 17.6 Å². The van der Waals surface area contributed by atoms with Gasteiger partial charge in [-0.3, -0.25) is 4.79 Å². The van der Waals surface area contributed by atoms with Crippen molar-refractivity contribution in [1.29, 1.82) is 0 Å². The Bertz CT molecular complexity index is 466. The number of pyridine rings is 1. The van der Waals surface area contributed by atoms with E-state index < -0.39 is 11.5 Å². The van der Waals surface area contributed by atoms with E-state index in [-0.39, 0.29) is 0 Å². The van der Waals surface area contributed by atoms with Crippen LogP contribution in [0, 0.1) is 6.92 Å². The van der Waals surface area contributed by atoms with Crippen LogP contribution in [0.15, 0.2) is 16.6 Å². The van der Waals surface area contributed by atoms with E-state index in [9.17, 15) is 4.79 Å². The summed E-state index contributed by atoms with van der Waals surface area (Å²) in [5.41, 5.74) is 5.55. The third-order valence-corrected chi connectivity index (χ3v) is 3.90. The van der Waals surface area contributed by atoms with Gasteiger partial charge in [0.2, 0.25) is 0 Å². The molecule has 0 aliphatic carbocycles. The van der Waals surface area contributed by atoms with Crippen LogP contribution in [0.3, 0.4) is 0 Å². The van der Waals surface area contributed by atoms with Crippen LogP contribution in [0.1, 0.15) is 12.1 Å². The zero-order valence-corrected chi connectivity index (χ0v) is 11.1. The molecule has 1 aromatic heterocycles. The predicted molar refractivity (Wildman–Crippen MR) is 68.1 cm³/mol. The van der Waals surface area contributed by atoms with Gasteiger partial charge in [0.05, 0.1) is 5.69 Å². The van der Waals surface area contributed by atoms with Gasteiger partial charge in [-0.05, 0) is 41.4 Å². The van der Waals surface area contributed by atoms with Crippen LogP contribution >= 0.6 is 15.9 Å². The van der Waals surface area contributed by atoms with E-state index >= 15 is 0 Å². The molecule has 1 fully saturated rings. The minimum absolute atomic E-state index is 0.302. The minimum Gasteiger partial charge on any atom is -0.480 e. The summed E-state index contributed by atoms with van der Waals surface area (Å²) in [6.07, 6.45) is 0.444. The molecular weight excluding hydrogens is 286 g/mol. The number of halogens is 1. The van der Waals surface area contributed by atoms with Crippen molar-refractivity contribution in [3.63, 3.8) is 0 Å². The molecule has 1 aliphatic heterocycles. The van der Waals surface area contributed by atoms with Crippen LogP contribution in [0.25, 0.3) is 0 Å². The van der Waals surface area contributed by atoms with Crippen molar-refractivity contribution in [3.05, 3.63) is 22.3 Å². The van der Waals surface area contributed by atoms with E-state index in [1.165, 1.54) is 0 Å². The van der Waals surface area contributed by atoms with Crippen molar-refractivity contribution < 1.29 is 9.90 Å². The Hall–Kier alpha value is -1.14. The summed E-state index contributed by atoms with van der Waals surface area (Å²) in [5, 5.41) is 9.06. The summed E-state index contributed by atoms with van der Waals surface area (Å²) in [5.74, 6) is -0.173. The number of nitrogens with zero attached hydrogens (tertiary/aromatic N) is 2.